The molecule has 3 rings (SSSR count). The SMILES string of the molecule is CCSC1CCCC1NC1CCOc2ccc(Br)cc21. The van der Waals surface area contributed by atoms with Crippen LogP contribution in [0.2, 0.25) is 0 Å². The van der Waals surface area contributed by atoms with Crippen molar-refractivity contribution in [2.45, 2.75) is 49.9 Å². The molecule has 4 heteroatoms. The van der Waals surface area contributed by atoms with Gasteiger partial charge in [-0.1, -0.05) is 29.3 Å². The fourth-order valence-corrected chi connectivity index (χ4v) is 4.91. The van der Waals surface area contributed by atoms with E-state index in [-0.39, 0.29) is 0 Å². The third-order valence-electron chi connectivity index (χ3n) is 4.26. The fraction of sp³-hybridized carbons (Fsp3) is 0.625. The van der Waals surface area contributed by atoms with Crippen LogP contribution < -0.4 is 10.1 Å². The first-order chi connectivity index (χ1) is 9.78. The van der Waals surface area contributed by atoms with Crippen LogP contribution in [0.5, 0.6) is 5.75 Å². The molecule has 0 radical (unpaired) electrons. The van der Waals surface area contributed by atoms with Crippen molar-refractivity contribution in [1.29, 1.82) is 0 Å². The fourth-order valence-electron chi connectivity index (χ4n) is 3.33. The molecular formula is C16H22BrNOS. The van der Waals surface area contributed by atoms with E-state index in [1.807, 2.05) is 0 Å². The molecule has 1 aromatic rings. The van der Waals surface area contributed by atoms with Crippen LogP contribution >= 0.6 is 27.7 Å². The second kappa shape index (κ2) is 6.71. The van der Waals surface area contributed by atoms with Gasteiger partial charge in [0.15, 0.2) is 0 Å². The molecule has 1 aromatic carbocycles. The van der Waals surface area contributed by atoms with E-state index >= 15 is 0 Å². The summed E-state index contributed by atoms with van der Waals surface area (Å²) in [6.07, 6.45) is 5.12. The van der Waals surface area contributed by atoms with Gasteiger partial charge in [-0.25, -0.2) is 0 Å². The van der Waals surface area contributed by atoms with Crippen LogP contribution in [0.1, 0.15) is 44.2 Å². The number of fused-ring (bicyclic) bond motifs is 1. The van der Waals surface area contributed by atoms with Crippen molar-refractivity contribution in [2.24, 2.45) is 0 Å². The Morgan fingerprint density at radius 1 is 1.35 bits per heavy atom. The lowest BCUT2D eigenvalue weighted by atomic mass is 9.99. The molecule has 0 saturated heterocycles. The summed E-state index contributed by atoms with van der Waals surface area (Å²) in [5, 5.41) is 4.70. The number of halogens is 1. The van der Waals surface area contributed by atoms with E-state index in [4.69, 9.17) is 4.74 Å². The Morgan fingerprint density at radius 2 is 2.25 bits per heavy atom. The summed E-state index contributed by atoms with van der Waals surface area (Å²) in [6, 6.07) is 7.46. The summed E-state index contributed by atoms with van der Waals surface area (Å²) in [5.41, 5.74) is 1.32. The van der Waals surface area contributed by atoms with Crippen molar-refractivity contribution in [3.63, 3.8) is 0 Å². The normalized spacial score (nSPS) is 29.0. The van der Waals surface area contributed by atoms with Crippen LogP contribution in [0.4, 0.5) is 0 Å². The maximum absolute atomic E-state index is 5.78. The van der Waals surface area contributed by atoms with Gasteiger partial charge in [0.05, 0.1) is 6.61 Å². The van der Waals surface area contributed by atoms with Gasteiger partial charge in [-0.05, 0) is 36.8 Å². The van der Waals surface area contributed by atoms with E-state index in [1.54, 1.807) is 0 Å². The van der Waals surface area contributed by atoms with Crippen molar-refractivity contribution in [3.05, 3.63) is 28.2 Å². The minimum absolute atomic E-state index is 0.444. The first-order valence-electron chi connectivity index (χ1n) is 7.58. The molecule has 3 atom stereocenters. The Balaban J connectivity index is 1.74. The highest BCUT2D eigenvalue weighted by molar-refractivity contribution is 9.10. The zero-order valence-electron chi connectivity index (χ0n) is 11.9. The van der Waals surface area contributed by atoms with Crippen molar-refractivity contribution in [1.82, 2.24) is 5.32 Å². The van der Waals surface area contributed by atoms with E-state index < -0.39 is 0 Å². The smallest absolute Gasteiger partial charge is 0.124 e. The summed E-state index contributed by atoms with van der Waals surface area (Å²) in [5.74, 6) is 2.27. The van der Waals surface area contributed by atoms with Crippen LogP contribution in [-0.2, 0) is 0 Å². The molecule has 2 nitrogen and oxygen atoms in total. The monoisotopic (exact) mass is 355 g/mol. The van der Waals surface area contributed by atoms with Crippen molar-refractivity contribution >= 4 is 27.7 Å². The highest BCUT2D eigenvalue weighted by atomic mass is 79.9. The minimum atomic E-state index is 0.444. The third kappa shape index (κ3) is 3.18. The zero-order chi connectivity index (χ0) is 13.9. The number of nitrogens with one attached hydrogen (secondary N) is 1. The van der Waals surface area contributed by atoms with Gasteiger partial charge in [0.1, 0.15) is 5.75 Å². The summed E-state index contributed by atoms with van der Waals surface area (Å²) >= 11 is 5.70. The standard InChI is InChI=1S/C16H22BrNOS/c1-2-20-16-5-3-4-14(16)18-13-8-9-19-15-7-6-11(17)10-12(13)15/h6-7,10,13-14,16,18H,2-5,8-9H2,1H3. The van der Waals surface area contributed by atoms with Gasteiger partial charge in [0, 0.05) is 33.8 Å². The third-order valence-corrected chi connectivity index (χ3v) is 6.08. The average Bonchev–Trinajstić information content (AvgIpc) is 2.87. The number of ether oxygens (including phenoxy) is 1. The van der Waals surface area contributed by atoms with E-state index in [0.717, 1.165) is 28.5 Å². The molecule has 1 heterocycles. The highest BCUT2D eigenvalue weighted by Gasteiger charge is 2.31. The Hall–Kier alpha value is -0.190. The maximum Gasteiger partial charge on any atom is 0.124 e. The zero-order valence-corrected chi connectivity index (χ0v) is 14.3. The molecule has 3 unspecified atom stereocenters. The van der Waals surface area contributed by atoms with Crippen molar-refractivity contribution in [2.75, 3.05) is 12.4 Å². The highest BCUT2D eigenvalue weighted by Crippen LogP contribution is 2.37. The summed E-state index contributed by atoms with van der Waals surface area (Å²) in [6.45, 7) is 3.09. The lowest BCUT2D eigenvalue weighted by Gasteiger charge is -2.31. The van der Waals surface area contributed by atoms with Crippen molar-refractivity contribution < 1.29 is 4.74 Å². The summed E-state index contributed by atoms with van der Waals surface area (Å²) in [7, 11) is 0. The predicted octanol–water partition coefficient (Wildman–Crippen LogP) is 4.54. The molecule has 0 aromatic heterocycles. The molecule has 2 aliphatic rings. The molecule has 1 aliphatic carbocycles. The van der Waals surface area contributed by atoms with Gasteiger partial charge in [0.2, 0.25) is 0 Å². The van der Waals surface area contributed by atoms with E-state index in [1.165, 1.54) is 30.6 Å². The Morgan fingerprint density at radius 3 is 3.10 bits per heavy atom. The second-order valence-electron chi connectivity index (χ2n) is 5.57. The summed E-state index contributed by atoms with van der Waals surface area (Å²) in [4.78, 5) is 0. The Labute approximate surface area is 134 Å². The van der Waals surface area contributed by atoms with E-state index in [2.05, 4.69) is 58.1 Å². The van der Waals surface area contributed by atoms with Crippen LogP contribution in [0.3, 0.4) is 0 Å². The molecule has 1 saturated carbocycles. The number of benzene rings is 1. The lowest BCUT2D eigenvalue weighted by Crippen LogP contribution is -2.39. The Kier molecular flexibility index (Phi) is 4.95. The second-order valence-corrected chi connectivity index (χ2v) is 8.00. The summed E-state index contributed by atoms with van der Waals surface area (Å²) < 4.78 is 6.92. The van der Waals surface area contributed by atoms with Gasteiger partial charge >= 0.3 is 0 Å². The van der Waals surface area contributed by atoms with Crippen LogP contribution in [0.25, 0.3) is 0 Å². The maximum atomic E-state index is 5.78. The number of rotatable bonds is 4. The molecule has 0 bridgehead atoms. The quantitative estimate of drug-likeness (QED) is 0.856. The number of thioether (sulfide) groups is 1. The number of hydrogen-bond donors (Lipinski definition) is 1. The predicted molar refractivity (Wildman–Crippen MR) is 89.7 cm³/mol. The van der Waals surface area contributed by atoms with Crippen LogP contribution in [0.15, 0.2) is 22.7 Å². The first kappa shape index (κ1) is 14.7. The van der Waals surface area contributed by atoms with Crippen LogP contribution in [0, 0.1) is 0 Å². The van der Waals surface area contributed by atoms with Crippen LogP contribution in [-0.4, -0.2) is 23.7 Å². The topological polar surface area (TPSA) is 21.3 Å². The molecule has 1 fully saturated rings. The van der Waals surface area contributed by atoms with E-state index in [9.17, 15) is 0 Å². The van der Waals surface area contributed by atoms with Gasteiger partial charge in [-0.3, -0.25) is 0 Å². The molecule has 1 aliphatic heterocycles. The molecular weight excluding hydrogens is 334 g/mol. The molecule has 1 N–H and O–H groups in total. The van der Waals surface area contributed by atoms with E-state index in [0.29, 0.717) is 12.1 Å². The molecule has 20 heavy (non-hydrogen) atoms. The largest absolute Gasteiger partial charge is 0.493 e. The molecule has 110 valence electrons. The van der Waals surface area contributed by atoms with Crippen molar-refractivity contribution in [3.8, 4) is 5.75 Å². The molecule has 0 spiro atoms. The Bertz CT molecular complexity index is 468. The van der Waals surface area contributed by atoms with Gasteiger partial charge in [0.25, 0.3) is 0 Å². The van der Waals surface area contributed by atoms with Gasteiger partial charge in [-0.2, -0.15) is 11.8 Å². The lowest BCUT2D eigenvalue weighted by molar-refractivity contribution is 0.244. The van der Waals surface area contributed by atoms with Gasteiger partial charge < -0.3 is 10.1 Å². The van der Waals surface area contributed by atoms with Gasteiger partial charge in [-0.15, -0.1) is 0 Å². The first-order valence-corrected chi connectivity index (χ1v) is 9.42. The molecule has 0 amide bonds. The average molecular weight is 356 g/mol. The minimum Gasteiger partial charge on any atom is -0.493 e. The number of hydrogen-bond acceptors (Lipinski definition) is 3.